The lowest BCUT2D eigenvalue weighted by atomic mass is 10.0. The Bertz CT molecular complexity index is 419. The predicted molar refractivity (Wildman–Crippen MR) is 64.9 cm³/mol. The van der Waals surface area contributed by atoms with Crippen LogP contribution in [0.3, 0.4) is 0 Å². The van der Waals surface area contributed by atoms with Crippen molar-refractivity contribution < 1.29 is 18.3 Å². The molecule has 1 amide bonds. The van der Waals surface area contributed by atoms with Crippen molar-refractivity contribution in [2.75, 3.05) is 0 Å². The maximum Gasteiger partial charge on any atom is 0.387 e. The minimum atomic E-state index is -2.89. The Morgan fingerprint density at radius 2 is 2.11 bits per heavy atom. The molecular weight excluding hydrogens is 240 g/mol. The smallest absolute Gasteiger partial charge is 0.387 e. The van der Waals surface area contributed by atoms with Gasteiger partial charge in [-0.05, 0) is 38.5 Å². The third-order valence-electron chi connectivity index (χ3n) is 2.66. The molecule has 0 aliphatic rings. The number of benzene rings is 1. The normalized spacial score (nSPS) is 11.4. The van der Waals surface area contributed by atoms with Crippen molar-refractivity contribution in [2.45, 2.75) is 39.3 Å². The van der Waals surface area contributed by atoms with Crippen LogP contribution in [-0.2, 0) is 0 Å². The van der Waals surface area contributed by atoms with Crippen molar-refractivity contribution >= 4 is 5.91 Å². The van der Waals surface area contributed by atoms with Crippen molar-refractivity contribution in [3.63, 3.8) is 0 Å². The third kappa shape index (κ3) is 4.31. The summed E-state index contributed by atoms with van der Waals surface area (Å²) in [5.74, 6) is -0.325. The zero-order chi connectivity index (χ0) is 13.8. The van der Waals surface area contributed by atoms with E-state index in [-0.39, 0.29) is 17.2 Å². The van der Waals surface area contributed by atoms with Gasteiger partial charge in [0.1, 0.15) is 5.75 Å². The van der Waals surface area contributed by atoms with Crippen LogP contribution in [0, 0.1) is 0 Å². The van der Waals surface area contributed by atoms with Crippen LogP contribution in [0.4, 0.5) is 8.78 Å². The van der Waals surface area contributed by atoms with E-state index >= 15 is 0 Å². The van der Waals surface area contributed by atoms with Crippen molar-refractivity contribution in [3.05, 3.63) is 29.8 Å². The van der Waals surface area contributed by atoms with Gasteiger partial charge in [0.05, 0.1) is 0 Å². The number of amides is 1. The Labute approximate surface area is 105 Å². The molecule has 1 rings (SSSR count). The Balaban J connectivity index is 2.80. The molecular formula is C13H17F2NO2. The first-order valence-electron chi connectivity index (χ1n) is 5.71. The molecule has 0 fully saturated rings. The summed E-state index contributed by atoms with van der Waals surface area (Å²) < 4.78 is 28.4. The predicted octanol–water partition coefficient (Wildman–Crippen LogP) is 3.21. The first kappa shape index (κ1) is 14.4. The Morgan fingerprint density at radius 1 is 1.44 bits per heavy atom. The summed E-state index contributed by atoms with van der Waals surface area (Å²) in [5.41, 5.74) is -0.0360. The zero-order valence-electron chi connectivity index (χ0n) is 10.7. The summed E-state index contributed by atoms with van der Waals surface area (Å²) >= 11 is 0. The maximum absolute atomic E-state index is 12.1. The SMILES string of the molecule is CCC(C)(C)NC(=O)c1cccc(OC(F)F)c1. The average Bonchev–Trinajstić information content (AvgIpc) is 2.28. The number of alkyl halides is 2. The monoisotopic (exact) mass is 257 g/mol. The van der Waals surface area contributed by atoms with Crippen LogP contribution in [-0.4, -0.2) is 18.1 Å². The molecule has 0 aromatic heterocycles. The van der Waals surface area contributed by atoms with Crippen molar-refractivity contribution in [1.82, 2.24) is 5.32 Å². The van der Waals surface area contributed by atoms with Gasteiger partial charge in [-0.1, -0.05) is 13.0 Å². The average molecular weight is 257 g/mol. The van der Waals surface area contributed by atoms with E-state index in [4.69, 9.17) is 0 Å². The molecule has 0 atom stereocenters. The summed E-state index contributed by atoms with van der Waals surface area (Å²) in [6, 6.07) is 5.74. The van der Waals surface area contributed by atoms with E-state index in [2.05, 4.69) is 10.1 Å². The van der Waals surface area contributed by atoms with Gasteiger partial charge < -0.3 is 10.1 Å². The number of nitrogens with one attached hydrogen (secondary N) is 1. The molecule has 0 unspecified atom stereocenters. The van der Waals surface area contributed by atoms with Gasteiger partial charge in [-0.2, -0.15) is 8.78 Å². The number of hydrogen-bond acceptors (Lipinski definition) is 2. The van der Waals surface area contributed by atoms with Crippen LogP contribution < -0.4 is 10.1 Å². The number of halogens is 2. The van der Waals surface area contributed by atoms with Crippen LogP contribution in [0.25, 0.3) is 0 Å². The highest BCUT2D eigenvalue weighted by molar-refractivity contribution is 5.95. The maximum atomic E-state index is 12.1. The van der Waals surface area contributed by atoms with Crippen molar-refractivity contribution in [1.29, 1.82) is 0 Å². The molecule has 1 N–H and O–H groups in total. The van der Waals surface area contributed by atoms with Gasteiger partial charge in [0.25, 0.3) is 5.91 Å². The number of rotatable bonds is 5. The molecule has 0 spiro atoms. The van der Waals surface area contributed by atoms with Gasteiger partial charge in [-0.3, -0.25) is 4.79 Å². The number of carbonyl (C=O) groups is 1. The Morgan fingerprint density at radius 3 is 2.67 bits per heavy atom. The van der Waals surface area contributed by atoms with Crippen LogP contribution in [0.1, 0.15) is 37.6 Å². The molecule has 3 nitrogen and oxygen atoms in total. The summed E-state index contributed by atoms with van der Waals surface area (Å²) in [7, 11) is 0. The molecule has 0 aliphatic carbocycles. The van der Waals surface area contributed by atoms with E-state index < -0.39 is 6.61 Å². The second kappa shape index (κ2) is 5.80. The van der Waals surface area contributed by atoms with Gasteiger partial charge in [0.2, 0.25) is 0 Å². The Hall–Kier alpha value is -1.65. The van der Waals surface area contributed by atoms with Gasteiger partial charge >= 0.3 is 6.61 Å². The fourth-order valence-corrected chi connectivity index (χ4v) is 1.28. The molecule has 0 aliphatic heterocycles. The summed E-state index contributed by atoms with van der Waals surface area (Å²) in [6.45, 7) is 2.85. The van der Waals surface area contributed by atoms with E-state index in [0.717, 1.165) is 6.42 Å². The van der Waals surface area contributed by atoms with Gasteiger partial charge in [-0.15, -0.1) is 0 Å². The van der Waals surface area contributed by atoms with Gasteiger partial charge in [0.15, 0.2) is 0 Å². The molecule has 0 heterocycles. The van der Waals surface area contributed by atoms with Crippen molar-refractivity contribution in [2.24, 2.45) is 0 Å². The second-order valence-corrected chi connectivity index (χ2v) is 4.60. The van der Waals surface area contributed by atoms with E-state index in [0.29, 0.717) is 5.56 Å². The fraction of sp³-hybridized carbons (Fsp3) is 0.462. The summed E-state index contributed by atoms with van der Waals surface area (Å²) in [5, 5.41) is 2.82. The number of hydrogen-bond donors (Lipinski definition) is 1. The minimum Gasteiger partial charge on any atom is -0.435 e. The van der Waals surface area contributed by atoms with E-state index in [9.17, 15) is 13.6 Å². The van der Waals surface area contributed by atoms with Crippen LogP contribution >= 0.6 is 0 Å². The van der Waals surface area contributed by atoms with Crippen LogP contribution in [0.5, 0.6) is 5.75 Å². The molecule has 1 aromatic carbocycles. The zero-order valence-corrected chi connectivity index (χ0v) is 10.7. The molecule has 0 bridgehead atoms. The molecule has 0 saturated heterocycles. The summed E-state index contributed by atoms with van der Waals surface area (Å²) in [4.78, 5) is 11.9. The fourth-order valence-electron chi connectivity index (χ4n) is 1.28. The molecule has 18 heavy (non-hydrogen) atoms. The van der Waals surface area contributed by atoms with Crippen LogP contribution in [0.2, 0.25) is 0 Å². The summed E-state index contributed by atoms with van der Waals surface area (Å²) in [6.07, 6.45) is 0.770. The van der Waals surface area contributed by atoms with E-state index in [1.165, 1.54) is 18.2 Å². The third-order valence-corrected chi connectivity index (χ3v) is 2.66. The second-order valence-electron chi connectivity index (χ2n) is 4.60. The van der Waals surface area contributed by atoms with Crippen molar-refractivity contribution in [3.8, 4) is 5.75 Å². The number of ether oxygens (including phenoxy) is 1. The lowest BCUT2D eigenvalue weighted by Crippen LogP contribution is -2.42. The minimum absolute atomic E-state index is 0.0213. The lowest BCUT2D eigenvalue weighted by Gasteiger charge is -2.24. The topological polar surface area (TPSA) is 38.3 Å². The highest BCUT2D eigenvalue weighted by atomic mass is 19.3. The largest absolute Gasteiger partial charge is 0.435 e. The van der Waals surface area contributed by atoms with E-state index in [1.807, 2.05) is 20.8 Å². The standard InChI is InChI=1S/C13H17F2NO2/c1-4-13(2,3)16-11(17)9-6-5-7-10(8-9)18-12(14)15/h5-8,12H,4H2,1-3H3,(H,16,17). The van der Waals surface area contributed by atoms with Gasteiger partial charge in [0, 0.05) is 11.1 Å². The van der Waals surface area contributed by atoms with Crippen LogP contribution in [0.15, 0.2) is 24.3 Å². The first-order valence-corrected chi connectivity index (χ1v) is 5.71. The quantitative estimate of drug-likeness (QED) is 0.879. The molecule has 1 aromatic rings. The Kier molecular flexibility index (Phi) is 4.64. The molecule has 0 saturated carbocycles. The molecule has 100 valence electrons. The molecule has 0 radical (unpaired) electrons. The van der Waals surface area contributed by atoms with Gasteiger partial charge in [-0.25, -0.2) is 0 Å². The number of carbonyl (C=O) groups excluding carboxylic acids is 1. The highest BCUT2D eigenvalue weighted by Gasteiger charge is 2.19. The molecule has 5 heteroatoms. The lowest BCUT2D eigenvalue weighted by molar-refractivity contribution is -0.0498. The van der Waals surface area contributed by atoms with E-state index in [1.54, 1.807) is 6.07 Å². The first-order chi connectivity index (χ1) is 8.34. The highest BCUT2D eigenvalue weighted by Crippen LogP contribution is 2.17.